The Morgan fingerprint density at radius 2 is 1.93 bits per heavy atom. The highest BCUT2D eigenvalue weighted by Crippen LogP contribution is 2.28. The Balaban J connectivity index is 1.67. The number of hydrogen-bond acceptors (Lipinski definition) is 3. The van der Waals surface area contributed by atoms with Gasteiger partial charge in [0.1, 0.15) is 5.75 Å². The maximum Gasteiger partial charge on any atom is 0.229 e. The number of amides is 2. The molecule has 2 amide bonds. The van der Waals surface area contributed by atoms with E-state index in [1.165, 1.54) is 0 Å². The molecule has 27 heavy (non-hydrogen) atoms. The molecule has 1 N–H and O–H groups in total. The van der Waals surface area contributed by atoms with E-state index < -0.39 is 5.92 Å². The van der Waals surface area contributed by atoms with Gasteiger partial charge in [0, 0.05) is 29.4 Å². The molecular weight excluding hydrogens is 364 g/mol. The number of benzene rings is 2. The molecule has 0 bridgehead atoms. The fourth-order valence-electron chi connectivity index (χ4n) is 3.07. The molecule has 1 aliphatic rings. The molecule has 1 unspecified atom stereocenters. The third-order valence-corrected chi connectivity index (χ3v) is 4.71. The predicted octanol–water partition coefficient (Wildman–Crippen LogP) is 4.43. The highest BCUT2D eigenvalue weighted by molar-refractivity contribution is 6.31. The Labute approximate surface area is 164 Å². The number of halogens is 1. The maximum absolute atomic E-state index is 12.6. The molecule has 2 aromatic rings. The molecule has 0 radical (unpaired) electrons. The van der Waals surface area contributed by atoms with Gasteiger partial charge in [-0.1, -0.05) is 17.7 Å². The van der Waals surface area contributed by atoms with E-state index in [0.717, 1.165) is 17.0 Å². The molecule has 1 aliphatic heterocycles. The van der Waals surface area contributed by atoms with Crippen LogP contribution >= 0.6 is 11.6 Å². The van der Waals surface area contributed by atoms with Crippen molar-refractivity contribution >= 4 is 34.8 Å². The zero-order chi connectivity index (χ0) is 19.6. The zero-order valence-electron chi connectivity index (χ0n) is 15.7. The number of ether oxygens (including phenoxy) is 1. The highest BCUT2D eigenvalue weighted by atomic mass is 35.5. The maximum atomic E-state index is 12.6. The second-order valence-electron chi connectivity index (χ2n) is 7.01. The Morgan fingerprint density at radius 3 is 2.59 bits per heavy atom. The molecule has 5 nitrogen and oxygen atoms in total. The van der Waals surface area contributed by atoms with Gasteiger partial charge >= 0.3 is 0 Å². The summed E-state index contributed by atoms with van der Waals surface area (Å²) in [6.07, 6.45) is 0.280. The lowest BCUT2D eigenvalue weighted by molar-refractivity contribution is -0.122. The van der Waals surface area contributed by atoms with E-state index in [9.17, 15) is 9.59 Å². The number of carbonyl (C=O) groups is 2. The average Bonchev–Trinajstić information content (AvgIpc) is 3.00. The van der Waals surface area contributed by atoms with Crippen molar-refractivity contribution in [2.75, 3.05) is 16.8 Å². The van der Waals surface area contributed by atoms with Crippen LogP contribution in [0.5, 0.6) is 5.75 Å². The second kappa shape index (κ2) is 8.01. The molecular formula is C21H23ClN2O3. The van der Waals surface area contributed by atoms with Crippen LogP contribution in [0.2, 0.25) is 5.02 Å². The minimum Gasteiger partial charge on any atom is -0.491 e. The molecule has 0 spiro atoms. The summed E-state index contributed by atoms with van der Waals surface area (Å²) >= 11 is 6.01. The summed E-state index contributed by atoms with van der Waals surface area (Å²) in [6, 6.07) is 12.7. The van der Waals surface area contributed by atoms with Crippen LogP contribution in [0.15, 0.2) is 42.5 Å². The Hall–Kier alpha value is -2.53. The average molecular weight is 387 g/mol. The number of hydrogen-bond donors (Lipinski definition) is 1. The summed E-state index contributed by atoms with van der Waals surface area (Å²) in [5.74, 6) is 0.125. The molecule has 0 aliphatic carbocycles. The van der Waals surface area contributed by atoms with Crippen molar-refractivity contribution in [1.29, 1.82) is 0 Å². The van der Waals surface area contributed by atoms with Crippen LogP contribution in [-0.4, -0.2) is 24.5 Å². The van der Waals surface area contributed by atoms with E-state index in [-0.39, 0.29) is 24.3 Å². The van der Waals surface area contributed by atoms with Gasteiger partial charge in [-0.25, -0.2) is 0 Å². The summed E-state index contributed by atoms with van der Waals surface area (Å²) in [5, 5.41) is 3.45. The van der Waals surface area contributed by atoms with Gasteiger partial charge in [0.2, 0.25) is 11.8 Å². The van der Waals surface area contributed by atoms with Crippen LogP contribution in [0.1, 0.15) is 25.8 Å². The van der Waals surface area contributed by atoms with Gasteiger partial charge in [0.15, 0.2) is 0 Å². The minimum absolute atomic E-state index is 0.0597. The van der Waals surface area contributed by atoms with E-state index in [1.54, 1.807) is 17.0 Å². The van der Waals surface area contributed by atoms with Gasteiger partial charge < -0.3 is 15.0 Å². The fourth-order valence-corrected chi connectivity index (χ4v) is 3.25. The number of aryl methyl sites for hydroxylation is 1. The van der Waals surface area contributed by atoms with E-state index in [0.29, 0.717) is 17.3 Å². The normalized spacial score (nSPS) is 16.7. The highest BCUT2D eigenvalue weighted by Gasteiger charge is 2.35. The monoisotopic (exact) mass is 386 g/mol. The lowest BCUT2D eigenvalue weighted by Crippen LogP contribution is -2.28. The lowest BCUT2D eigenvalue weighted by atomic mass is 10.1. The van der Waals surface area contributed by atoms with Crippen LogP contribution in [0.4, 0.5) is 11.4 Å². The van der Waals surface area contributed by atoms with Crippen LogP contribution in [0, 0.1) is 12.8 Å². The van der Waals surface area contributed by atoms with Gasteiger partial charge in [0.25, 0.3) is 0 Å². The predicted molar refractivity (Wildman–Crippen MR) is 107 cm³/mol. The second-order valence-corrected chi connectivity index (χ2v) is 7.45. The van der Waals surface area contributed by atoms with E-state index in [4.69, 9.17) is 16.3 Å². The van der Waals surface area contributed by atoms with Crippen molar-refractivity contribution in [3.8, 4) is 5.75 Å². The van der Waals surface area contributed by atoms with E-state index in [2.05, 4.69) is 5.32 Å². The number of nitrogens with one attached hydrogen (secondary N) is 1. The van der Waals surface area contributed by atoms with Crippen LogP contribution < -0.4 is 15.0 Å². The summed E-state index contributed by atoms with van der Waals surface area (Å²) in [6.45, 7) is 6.18. The minimum atomic E-state index is -0.400. The van der Waals surface area contributed by atoms with Crippen molar-refractivity contribution in [2.24, 2.45) is 5.92 Å². The Morgan fingerprint density at radius 1 is 1.22 bits per heavy atom. The van der Waals surface area contributed by atoms with Crippen molar-refractivity contribution in [3.05, 3.63) is 53.1 Å². The molecule has 1 fully saturated rings. The molecule has 1 atom stereocenters. The van der Waals surface area contributed by atoms with E-state index >= 15 is 0 Å². The molecule has 0 aromatic heterocycles. The third-order valence-electron chi connectivity index (χ3n) is 4.47. The molecule has 142 valence electrons. The first-order chi connectivity index (χ1) is 12.8. The molecule has 2 aromatic carbocycles. The van der Waals surface area contributed by atoms with Crippen molar-refractivity contribution in [3.63, 3.8) is 0 Å². The molecule has 1 heterocycles. The summed E-state index contributed by atoms with van der Waals surface area (Å²) in [4.78, 5) is 26.7. The standard InChI is InChI=1S/C21H23ClN2O3/c1-13(2)27-18-8-6-17(7-9-18)24-12-15(10-20(24)25)21(26)23-19-11-16(22)5-4-14(19)3/h4-9,11,13,15H,10,12H2,1-3H3,(H,23,26). The topological polar surface area (TPSA) is 58.6 Å². The molecule has 0 saturated carbocycles. The Kier molecular flexibility index (Phi) is 5.71. The first kappa shape index (κ1) is 19.2. The first-order valence-corrected chi connectivity index (χ1v) is 9.35. The Bertz CT molecular complexity index is 849. The summed E-state index contributed by atoms with van der Waals surface area (Å²) < 4.78 is 5.63. The van der Waals surface area contributed by atoms with Crippen molar-refractivity contribution < 1.29 is 14.3 Å². The number of nitrogens with zero attached hydrogens (tertiary/aromatic N) is 1. The number of anilines is 2. The lowest BCUT2D eigenvalue weighted by Gasteiger charge is -2.18. The SMILES string of the molecule is Cc1ccc(Cl)cc1NC(=O)C1CC(=O)N(c2ccc(OC(C)C)cc2)C1. The molecule has 3 rings (SSSR count). The van der Waals surface area contributed by atoms with Crippen molar-refractivity contribution in [2.45, 2.75) is 33.3 Å². The van der Waals surface area contributed by atoms with Crippen LogP contribution in [0.25, 0.3) is 0 Å². The number of rotatable bonds is 5. The van der Waals surface area contributed by atoms with Crippen LogP contribution in [-0.2, 0) is 9.59 Å². The van der Waals surface area contributed by atoms with Gasteiger partial charge in [-0.3, -0.25) is 9.59 Å². The smallest absolute Gasteiger partial charge is 0.229 e. The van der Waals surface area contributed by atoms with Crippen molar-refractivity contribution in [1.82, 2.24) is 0 Å². The summed E-state index contributed by atoms with van der Waals surface area (Å²) in [5.41, 5.74) is 2.37. The van der Waals surface area contributed by atoms with Gasteiger partial charge in [-0.15, -0.1) is 0 Å². The van der Waals surface area contributed by atoms with Gasteiger partial charge in [0.05, 0.1) is 12.0 Å². The zero-order valence-corrected chi connectivity index (χ0v) is 16.4. The van der Waals surface area contributed by atoms with Crippen LogP contribution in [0.3, 0.4) is 0 Å². The fraction of sp³-hybridized carbons (Fsp3) is 0.333. The largest absolute Gasteiger partial charge is 0.491 e. The van der Waals surface area contributed by atoms with Gasteiger partial charge in [-0.2, -0.15) is 0 Å². The third kappa shape index (κ3) is 4.61. The quantitative estimate of drug-likeness (QED) is 0.827. The molecule has 6 heteroatoms. The first-order valence-electron chi connectivity index (χ1n) is 8.97. The summed E-state index contributed by atoms with van der Waals surface area (Å²) in [7, 11) is 0. The number of carbonyl (C=O) groups excluding carboxylic acids is 2. The van der Waals surface area contributed by atoms with E-state index in [1.807, 2.05) is 51.1 Å². The van der Waals surface area contributed by atoms with Gasteiger partial charge in [-0.05, 0) is 62.7 Å². The molecule has 1 saturated heterocycles.